The van der Waals surface area contributed by atoms with Crippen LogP contribution in [-0.4, -0.2) is 53.2 Å². The molecule has 1 unspecified atom stereocenters. The largest absolute Gasteiger partial charge is 0.330 e. The lowest BCUT2D eigenvalue weighted by Gasteiger charge is -2.29. The highest BCUT2D eigenvalue weighted by Gasteiger charge is 2.58. The molecule has 3 amide bonds. The van der Waals surface area contributed by atoms with Gasteiger partial charge < -0.3 is 10.6 Å². The molecular formula is C20H24N4O3. The number of hydrogen-bond donors (Lipinski definition) is 2. The molecule has 0 aromatic heterocycles. The van der Waals surface area contributed by atoms with E-state index in [2.05, 4.69) is 16.3 Å². The fourth-order valence-electron chi connectivity index (χ4n) is 5.18. The molecule has 3 aliphatic heterocycles. The summed E-state index contributed by atoms with van der Waals surface area (Å²) in [6.45, 7) is 4.12. The van der Waals surface area contributed by atoms with Crippen LogP contribution in [0.5, 0.6) is 0 Å². The zero-order chi connectivity index (χ0) is 18.8. The van der Waals surface area contributed by atoms with Crippen LogP contribution in [0.1, 0.15) is 40.7 Å². The molecule has 3 atom stereocenters. The van der Waals surface area contributed by atoms with Gasteiger partial charge in [0, 0.05) is 38.2 Å². The van der Waals surface area contributed by atoms with Gasteiger partial charge in [0.15, 0.2) is 0 Å². The molecule has 4 aliphatic rings. The van der Waals surface area contributed by atoms with Crippen molar-refractivity contribution in [2.75, 3.05) is 19.6 Å². The number of rotatable bonds is 4. The highest BCUT2D eigenvalue weighted by Crippen LogP contribution is 2.57. The zero-order valence-electron chi connectivity index (χ0n) is 15.2. The van der Waals surface area contributed by atoms with Crippen molar-refractivity contribution in [1.82, 2.24) is 15.1 Å². The lowest BCUT2D eigenvalue weighted by molar-refractivity contribution is -0.136. The lowest BCUT2D eigenvalue weighted by atomic mass is 10.0. The third-order valence-corrected chi connectivity index (χ3v) is 6.86. The first-order valence-electron chi connectivity index (χ1n) is 9.68. The Bertz CT molecular complexity index is 850. The van der Waals surface area contributed by atoms with E-state index in [4.69, 9.17) is 5.73 Å². The van der Waals surface area contributed by atoms with Crippen molar-refractivity contribution in [3.8, 4) is 0 Å². The van der Waals surface area contributed by atoms with E-state index < -0.39 is 6.04 Å². The van der Waals surface area contributed by atoms with E-state index in [1.807, 2.05) is 12.1 Å². The standard InChI is InChI=1S/C20H24N4O3/c21-10-20-6-13(20)8-23(11-20)7-12-2-1-3-14-15(12)9-24(19(14)27)16-4-5-17(25)22-18(16)26/h1-3,13,16H,4-11,21H2,(H,22,25,26)/t13-,16?,20-/m0/s1. The van der Waals surface area contributed by atoms with Crippen molar-refractivity contribution in [3.05, 3.63) is 34.9 Å². The van der Waals surface area contributed by atoms with Crippen LogP contribution in [0.25, 0.3) is 0 Å². The summed E-state index contributed by atoms with van der Waals surface area (Å²) in [7, 11) is 0. The number of likely N-dealkylation sites (tertiary alicyclic amines) is 1. The average molecular weight is 368 g/mol. The Balaban J connectivity index is 1.35. The van der Waals surface area contributed by atoms with Crippen molar-refractivity contribution in [1.29, 1.82) is 0 Å². The van der Waals surface area contributed by atoms with E-state index >= 15 is 0 Å². The molecular weight excluding hydrogens is 344 g/mol. The van der Waals surface area contributed by atoms with Crippen LogP contribution < -0.4 is 11.1 Å². The number of carbonyl (C=O) groups is 3. The van der Waals surface area contributed by atoms with E-state index in [1.165, 1.54) is 6.42 Å². The maximum atomic E-state index is 12.9. The summed E-state index contributed by atoms with van der Waals surface area (Å²) in [5.41, 5.74) is 9.15. The van der Waals surface area contributed by atoms with Crippen LogP contribution in [-0.2, 0) is 22.7 Å². The van der Waals surface area contributed by atoms with Gasteiger partial charge in [-0.3, -0.25) is 24.6 Å². The topological polar surface area (TPSA) is 95.7 Å². The van der Waals surface area contributed by atoms with Gasteiger partial charge >= 0.3 is 0 Å². The molecule has 3 heterocycles. The summed E-state index contributed by atoms with van der Waals surface area (Å²) >= 11 is 0. The molecule has 1 aromatic rings. The van der Waals surface area contributed by atoms with E-state index in [0.29, 0.717) is 23.9 Å². The van der Waals surface area contributed by atoms with Gasteiger partial charge in [-0.25, -0.2) is 0 Å². The normalized spacial score (nSPS) is 32.5. The molecule has 5 rings (SSSR count). The van der Waals surface area contributed by atoms with Crippen molar-refractivity contribution < 1.29 is 14.4 Å². The Hall–Kier alpha value is -2.25. The number of benzene rings is 1. The predicted molar refractivity (Wildman–Crippen MR) is 97.4 cm³/mol. The van der Waals surface area contributed by atoms with Crippen LogP contribution >= 0.6 is 0 Å². The first-order chi connectivity index (χ1) is 13.0. The Labute approximate surface area is 157 Å². The summed E-state index contributed by atoms with van der Waals surface area (Å²) in [5, 5.41) is 2.36. The molecule has 7 nitrogen and oxygen atoms in total. The van der Waals surface area contributed by atoms with Gasteiger partial charge in [-0.2, -0.15) is 0 Å². The zero-order valence-corrected chi connectivity index (χ0v) is 15.2. The lowest BCUT2D eigenvalue weighted by Crippen LogP contribution is -2.52. The molecule has 7 heteroatoms. The Morgan fingerprint density at radius 3 is 2.85 bits per heavy atom. The molecule has 142 valence electrons. The second kappa shape index (κ2) is 5.87. The van der Waals surface area contributed by atoms with E-state index in [1.54, 1.807) is 4.90 Å². The molecule has 1 aromatic carbocycles. The molecule has 0 radical (unpaired) electrons. The van der Waals surface area contributed by atoms with Crippen molar-refractivity contribution in [3.63, 3.8) is 0 Å². The molecule has 2 saturated heterocycles. The molecule has 1 aliphatic carbocycles. The van der Waals surface area contributed by atoms with Gasteiger partial charge in [-0.15, -0.1) is 0 Å². The van der Waals surface area contributed by atoms with Crippen LogP contribution in [0.3, 0.4) is 0 Å². The third-order valence-electron chi connectivity index (χ3n) is 6.86. The van der Waals surface area contributed by atoms with Gasteiger partial charge in [-0.1, -0.05) is 12.1 Å². The molecule has 27 heavy (non-hydrogen) atoms. The number of nitrogens with zero attached hydrogens (tertiary/aromatic N) is 2. The highest BCUT2D eigenvalue weighted by atomic mass is 16.2. The first-order valence-corrected chi connectivity index (χ1v) is 9.68. The summed E-state index contributed by atoms with van der Waals surface area (Å²) < 4.78 is 0. The number of imide groups is 1. The first kappa shape index (κ1) is 16.9. The molecule has 0 spiro atoms. The van der Waals surface area contributed by atoms with Gasteiger partial charge in [0.25, 0.3) is 5.91 Å². The molecule has 3 N–H and O–H groups in total. The highest BCUT2D eigenvalue weighted by molar-refractivity contribution is 6.05. The number of nitrogens with one attached hydrogen (secondary N) is 1. The van der Waals surface area contributed by atoms with Gasteiger partial charge in [-0.05, 0) is 47.9 Å². The van der Waals surface area contributed by atoms with Crippen molar-refractivity contribution in [2.45, 2.75) is 38.4 Å². The fourth-order valence-corrected chi connectivity index (χ4v) is 5.18. The Kier molecular flexibility index (Phi) is 3.67. The van der Waals surface area contributed by atoms with Crippen LogP contribution in [0.2, 0.25) is 0 Å². The second-order valence-corrected chi connectivity index (χ2v) is 8.48. The van der Waals surface area contributed by atoms with E-state index in [-0.39, 0.29) is 24.1 Å². The number of piperidine rings is 2. The monoisotopic (exact) mass is 368 g/mol. The Morgan fingerprint density at radius 1 is 1.26 bits per heavy atom. The fraction of sp³-hybridized carbons (Fsp3) is 0.550. The number of hydrogen-bond acceptors (Lipinski definition) is 5. The van der Waals surface area contributed by atoms with Crippen LogP contribution in [0.4, 0.5) is 0 Å². The van der Waals surface area contributed by atoms with Crippen molar-refractivity contribution in [2.24, 2.45) is 17.1 Å². The molecule has 3 fully saturated rings. The summed E-state index contributed by atoms with van der Waals surface area (Å²) in [4.78, 5) is 40.6. The predicted octanol–water partition coefficient (Wildman–Crippen LogP) is 0.228. The number of fused-ring (bicyclic) bond motifs is 2. The van der Waals surface area contributed by atoms with Crippen LogP contribution in [0, 0.1) is 11.3 Å². The third kappa shape index (κ3) is 2.60. The summed E-state index contributed by atoms with van der Waals surface area (Å²) in [5.74, 6) is -0.00841. The minimum absolute atomic E-state index is 0.107. The minimum atomic E-state index is -0.560. The Morgan fingerprint density at radius 2 is 2.11 bits per heavy atom. The SMILES string of the molecule is NC[C@]12C[C@H]1CN(Cc1cccc3c1CN(C1CCC(=O)NC1=O)C3=O)C2. The number of amides is 3. The van der Waals surface area contributed by atoms with Crippen LogP contribution in [0.15, 0.2) is 18.2 Å². The van der Waals surface area contributed by atoms with E-state index in [0.717, 1.165) is 43.2 Å². The number of nitrogens with two attached hydrogens (primary N) is 1. The maximum Gasteiger partial charge on any atom is 0.255 e. The van der Waals surface area contributed by atoms with Gasteiger partial charge in [0.05, 0.1) is 0 Å². The molecule has 1 saturated carbocycles. The minimum Gasteiger partial charge on any atom is -0.330 e. The quantitative estimate of drug-likeness (QED) is 0.742. The maximum absolute atomic E-state index is 12.9. The average Bonchev–Trinajstić information content (AvgIpc) is 3.04. The van der Waals surface area contributed by atoms with Gasteiger partial charge in [0.2, 0.25) is 11.8 Å². The summed E-state index contributed by atoms with van der Waals surface area (Å²) in [6.07, 6.45) is 1.92. The second-order valence-electron chi connectivity index (χ2n) is 8.48. The van der Waals surface area contributed by atoms with Gasteiger partial charge in [0.1, 0.15) is 6.04 Å². The van der Waals surface area contributed by atoms with E-state index in [9.17, 15) is 14.4 Å². The summed E-state index contributed by atoms with van der Waals surface area (Å²) in [6, 6.07) is 5.29. The van der Waals surface area contributed by atoms with Crippen molar-refractivity contribution >= 4 is 17.7 Å². The number of carbonyl (C=O) groups excluding carboxylic acids is 3. The molecule has 0 bridgehead atoms. The smallest absolute Gasteiger partial charge is 0.255 e.